The summed E-state index contributed by atoms with van der Waals surface area (Å²) in [7, 11) is 0. The summed E-state index contributed by atoms with van der Waals surface area (Å²) in [6.45, 7) is 0. The molecular formula is C30H25BrN2. The van der Waals surface area contributed by atoms with E-state index in [1.165, 1.54) is 5.56 Å². The molecule has 2 nitrogen and oxygen atoms in total. The van der Waals surface area contributed by atoms with E-state index in [9.17, 15) is 0 Å². The van der Waals surface area contributed by atoms with Gasteiger partial charge in [0.1, 0.15) is 0 Å². The molecule has 162 valence electrons. The zero-order valence-corrected chi connectivity index (χ0v) is 19.8. The van der Waals surface area contributed by atoms with Gasteiger partial charge in [0.15, 0.2) is 0 Å². The van der Waals surface area contributed by atoms with Crippen LogP contribution in [0.15, 0.2) is 144 Å². The third kappa shape index (κ3) is 4.64. The Morgan fingerprint density at radius 3 is 1.73 bits per heavy atom. The topological polar surface area (TPSA) is 15.3 Å². The number of rotatable bonds is 6. The van der Waals surface area contributed by atoms with E-state index in [2.05, 4.69) is 154 Å². The second kappa shape index (κ2) is 9.51. The minimum absolute atomic E-state index is 0.329. The summed E-state index contributed by atoms with van der Waals surface area (Å²) >= 11 is 3.58. The van der Waals surface area contributed by atoms with Crippen LogP contribution < -0.4 is 10.2 Å². The van der Waals surface area contributed by atoms with Crippen LogP contribution in [-0.2, 0) is 5.54 Å². The maximum absolute atomic E-state index is 3.80. The first-order valence-corrected chi connectivity index (χ1v) is 11.9. The van der Waals surface area contributed by atoms with Crippen LogP contribution in [-0.4, -0.2) is 0 Å². The second-order valence-corrected chi connectivity index (χ2v) is 9.06. The molecule has 1 N–H and O–H groups in total. The predicted octanol–water partition coefficient (Wildman–Crippen LogP) is 8.44. The average Bonchev–Trinajstić information content (AvgIpc) is 2.88. The Morgan fingerprint density at radius 2 is 1.21 bits per heavy atom. The molecular weight excluding hydrogens is 468 g/mol. The van der Waals surface area contributed by atoms with Crippen molar-refractivity contribution in [2.45, 2.75) is 12.0 Å². The van der Waals surface area contributed by atoms with Crippen molar-refractivity contribution in [2.75, 3.05) is 10.2 Å². The number of para-hydroxylation sites is 3. The van der Waals surface area contributed by atoms with Crippen LogP contribution in [0.5, 0.6) is 0 Å². The van der Waals surface area contributed by atoms with Gasteiger partial charge in [0.2, 0.25) is 0 Å². The van der Waals surface area contributed by atoms with Crippen LogP contribution in [0, 0.1) is 0 Å². The summed E-state index contributed by atoms with van der Waals surface area (Å²) < 4.78 is 1.08. The fraction of sp³-hybridized carbons (Fsp3) is 0.0667. The number of benzene rings is 4. The Labute approximate surface area is 204 Å². The van der Waals surface area contributed by atoms with Crippen LogP contribution in [0.2, 0.25) is 0 Å². The molecule has 1 unspecified atom stereocenters. The molecule has 0 bridgehead atoms. The molecule has 3 heteroatoms. The second-order valence-electron chi connectivity index (χ2n) is 8.14. The van der Waals surface area contributed by atoms with E-state index in [0.717, 1.165) is 33.7 Å². The van der Waals surface area contributed by atoms with E-state index in [1.54, 1.807) is 0 Å². The lowest BCUT2D eigenvalue weighted by Gasteiger charge is -2.37. The van der Waals surface area contributed by atoms with Crippen molar-refractivity contribution in [1.29, 1.82) is 0 Å². The summed E-state index contributed by atoms with van der Waals surface area (Å²) in [4.78, 5) is 2.31. The molecule has 0 saturated carbocycles. The molecule has 4 aromatic rings. The van der Waals surface area contributed by atoms with Crippen molar-refractivity contribution >= 4 is 33.0 Å². The van der Waals surface area contributed by atoms with Gasteiger partial charge < -0.3 is 10.2 Å². The minimum Gasteiger partial charge on any atom is -0.372 e. The summed E-state index contributed by atoms with van der Waals surface area (Å²) in [5.41, 5.74) is 5.45. The van der Waals surface area contributed by atoms with Crippen LogP contribution in [0.4, 0.5) is 17.1 Å². The fourth-order valence-electron chi connectivity index (χ4n) is 4.30. The lowest BCUT2D eigenvalue weighted by Crippen LogP contribution is -2.35. The lowest BCUT2D eigenvalue weighted by molar-refractivity contribution is 0.613. The van der Waals surface area contributed by atoms with Crippen LogP contribution in [0.25, 0.3) is 0 Å². The molecule has 0 saturated heterocycles. The zero-order chi connectivity index (χ0) is 22.5. The highest BCUT2D eigenvalue weighted by atomic mass is 79.9. The number of allylic oxidation sites excluding steroid dienone is 1. The SMILES string of the molecule is Brc1ccc(C2(Nc3ccccc3)C=CC(N(c3ccccc3)c3ccccc3)=CC2)cc1. The maximum Gasteiger partial charge on any atom is 0.0848 e. The highest BCUT2D eigenvalue weighted by Crippen LogP contribution is 2.39. The van der Waals surface area contributed by atoms with E-state index in [-0.39, 0.29) is 5.54 Å². The highest BCUT2D eigenvalue weighted by Gasteiger charge is 2.31. The Morgan fingerprint density at radius 1 is 0.667 bits per heavy atom. The molecule has 0 radical (unpaired) electrons. The van der Waals surface area contributed by atoms with Gasteiger partial charge in [0.25, 0.3) is 0 Å². The molecule has 0 amide bonds. The van der Waals surface area contributed by atoms with Crippen LogP contribution in [0.3, 0.4) is 0 Å². The third-order valence-electron chi connectivity index (χ3n) is 5.96. The zero-order valence-electron chi connectivity index (χ0n) is 18.2. The van der Waals surface area contributed by atoms with Crippen molar-refractivity contribution in [1.82, 2.24) is 0 Å². The third-order valence-corrected chi connectivity index (χ3v) is 6.49. The summed E-state index contributed by atoms with van der Waals surface area (Å²) in [5, 5.41) is 3.80. The van der Waals surface area contributed by atoms with Crippen molar-refractivity contribution < 1.29 is 0 Å². The lowest BCUT2D eigenvalue weighted by atomic mass is 9.82. The van der Waals surface area contributed by atoms with Crippen molar-refractivity contribution in [2.24, 2.45) is 0 Å². The molecule has 5 rings (SSSR count). The van der Waals surface area contributed by atoms with Gasteiger partial charge in [-0.15, -0.1) is 0 Å². The van der Waals surface area contributed by atoms with Gasteiger partial charge in [-0.3, -0.25) is 0 Å². The minimum atomic E-state index is -0.329. The quantitative estimate of drug-likeness (QED) is 0.290. The summed E-state index contributed by atoms with van der Waals surface area (Å²) in [6.07, 6.45) is 7.70. The number of halogens is 1. The average molecular weight is 493 g/mol. The molecule has 33 heavy (non-hydrogen) atoms. The predicted molar refractivity (Wildman–Crippen MR) is 143 cm³/mol. The number of hydrogen-bond acceptors (Lipinski definition) is 2. The molecule has 1 aliphatic carbocycles. The van der Waals surface area contributed by atoms with Gasteiger partial charge in [0, 0.05) is 27.2 Å². The van der Waals surface area contributed by atoms with E-state index >= 15 is 0 Å². The fourth-order valence-corrected chi connectivity index (χ4v) is 4.57. The molecule has 1 atom stereocenters. The molecule has 4 aromatic carbocycles. The van der Waals surface area contributed by atoms with E-state index < -0.39 is 0 Å². The molecule has 1 aliphatic rings. The number of hydrogen-bond donors (Lipinski definition) is 1. The molecule has 0 spiro atoms. The first-order chi connectivity index (χ1) is 16.2. The van der Waals surface area contributed by atoms with Crippen LogP contribution >= 0.6 is 15.9 Å². The monoisotopic (exact) mass is 492 g/mol. The Balaban J connectivity index is 1.54. The number of nitrogens with one attached hydrogen (secondary N) is 1. The van der Waals surface area contributed by atoms with Gasteiger partial charge in [-0.2, -0.15) is 0 Å². The Bertz CT molecular complexity index is 1210. The molecule has 0 fully saturated rings. The van der Waals surface area contributed by atoms with Gasteiger partial charge >= 0.3 is 0 Å². The smallest absolute Gasteiger partial charge is 0.0848 e. The van der Waals surface area contributed by atoms with Crippen molar-refractivity contribution in [3.05, 3.63) is 149 Å². The van der Waals surface area contributed by atoms with Gasteiger partial charge in [-0.05, 0) is 66.6 Å². The Kier molecular flexibility index (Phi) is 6.14. The normalized spacial score (nSPS) is 17.3. The van der Waals surface area contributed by atoms with E-state index in [4.69, 9.17) is 0 Å². The van der Waals surface area contributed by atoms with Gasteiger partial charge in [0.05, 0.1) is 5.54 Å². The first-order valence-electron chi connectivity index (χ1n) is 11.1. The van der Waals surface area contributed by atoms with E-state index in [1.807, 2.05) is 6.07 Å². The standard InChI is InChI=1S/C30H25BrN2/c31-25-18-16-24(17-19-25)30(32-26-10-4-1-5-11-26)22-20-29(21-23-30)33(27-12-6-2-7-13-27)28-14-8-3-9-15-28/h1-22,32H,23H2. The van der Waals surface area contributed by atoms with Crippen molar-refractivity contribution in [3.63, 3.8) is 0 Å². The largest absolute Gasteiger partial charge is 0.372 e. The maximum atomic E-state index is 3.80. The first kappa shape index (κ1) is 21.3. The van der Waals surface area contributed by atoms with Gasteiger partial charge in [-0.25, -0.2) is 0 Å². The number of anilines is 3. The molecule has 0 aliphatic heterocycles. The van der Waals surface area contributed by atoms with E-state index in [0.29, 0.717) is 0 Å². The molecule has 0 aromatic heterocycles. The van der Waals surface area contributed by atoms with Crippen molar-refractivity contribution in [3.8, 4) is 0 Å². The van der Waals surface area contributed by atoms with Gasteiger partial charge in [-0.1, -0.05) is 94.8 Å². The highest BCUT2D eigenvalue weighted by molar-refractivity contribution is 9.10. The summed E-state index contributed by atoms with van der Waals surface area (Å²) in [6, 6.07) is 40.1. The summed E-state index contributed by atoms with van der Waals surface area (Å²) in [5.74, 6) is 0. The Hall–Kier alpha value is -3.56. The number of nitrogens with zero attached hydrogens (tertiary/aromatic N) is 1. The molecule has 0 heterocycles. The van der Waals surface area contributed by atoms with Crippen LogP contribution in [0.1, 0.15) is 12.0 Å².